The topological polar surface area (TPSA) is 79.8 Å². The molecule has 27 heavy (non-hydrogen) atoms. The van der Waals surface area contributed by atoms with Gasteiger partial charge in [0.1, 0.15) is 12.4 Å². The predicted molar refractivity (Wildman–Crippen MR) is 101 cm³/mol. The molecule has 0 atom stereocenters. The fraction of sp³-hybridized carbons (Fsp3) is 0.150. The maximum Gasteiger partial charge on any atom is 0.261 e. The second-order valence-corrected chi connectivity index (χ2v) is 6.30. The van der Waals surface area contributed by atoms with Gasteiger partial charge in [-0.3, -0.25) is 14.2 Å². The van der Waals surface area contributed by atoms with E-state index in [0.717, 1.165) is 16.5 Å². The van der Waals surface area contributed by atoms with Crippen molar-refractivity contribution in [2.24, 2.45) is 0 Å². The van der Waals surface area contributed by atoms with E-state index in [0.29, 0.717) is 23.9 Å². The van der Waals surface area contributed by atoms with Crippen molar-refractivity contribution in [3.8, 4) is 0 Å². The van der Waals surface area contributed by atoms with E-state index in [2.05, 4.69) is 15.3 Å². The third-order valence-corrected chi connectivity index (χ3v) is 4.49. The number of carbonyl (C=O) groups excluding carboxylic acids is 1. The van der Waals surface area contributed by atoms with Crippen LogP contribution in [-0.4, -0.2) is 27.0 Å². The van der Waals surface area contributed by atoms with Crippen molar-refractivity contribution in [1.82, 2.24) is 19.9 Å². The van der Waals surface area contributed by atoms with Gasteiger partial charge in [-0.05, 0) is 42.3 Å². The molecule has 4 aromatic rings. The van der Waals surface area contributed by atoms with Crippen LogP contribution in [-0.2, 0) is 17.8 Å². The number of halogens is 1. The van der Waals surface area contributed by atoms with Gasteiger partial charge >= 0.3 is 0 Å². The Morgan fingerprint density at radius 1 is 1.19 bits per heavy atom. The molecule has 1 amide bonds. The van der Waals surface area contributed by atoms with Gasteiger partial charge in [0.2, 0.25) is 5.91 Å². The molecule has 7 heteroatoms. The first-order valence-corrected chi connectivity index (χ1v) is 8.58. The van der Waals surface area contributed by atoms with Crippen LogP contribution in [0.1, 0.15) is 5.56 Å². The number of rotatable bonds is 5. The Bertz CT molecular complexity index is 1200. The molecule has 2 N–H and O–H groups in total. The van der Waals surface area contributed by atoms with Gasteiger partial charge in [-0.25, -0.2) is 9.37 Å². The van der Waals surface area contributed by atoms with Gasteiger partial charge in [0.15, 0.2) is 0 Å². The summed E-state index contributed by atoms with van der Waals surface area (Å²) in [6, 6.07) is 11.6. The number of aromatic nitrogens is 3. The normalized spacial score (nSPS) is 11.1. The molecule has 0 aliphatic carbocycles. The second-order valence-electron chi connectivity index (χ2n) is 6.30. The van der Waals surface area contributed by atoms with Gasteiger partial charge in [0.05, 0.1) is 17.2 Å². The van der Waals surface area contributed by atoms with Crippen molar-refractivity contribution in [1.29, 1.82) is 0 Å². The largest absolute Gasteiger partial charge is 0.361 e. The van der Waals surface area contributed by atoms with Crippen LogP contribution < -0.4 is 10.9 Å². The van der Waals surface area contributed by atoms with E-state index in [9.17, 15) is 14.0 Å². The lowest BCUT2D eigenvalue weighted by atomic mass is 10.1. The lowest BCUT2D eigenvalue weighted by Gasteiger charge is -2.08. The van der Waals surface area contributed by atoms with Crippen LogP contribution >= 0.6 is 0 Å². The molecule has 4 rings (SSSR count). The number of hydrogen-bond acceptors (Lipinski definition) is 3. The highest BCUT2D eigenvalue weighted by atomic mass is 19.1. The molecule has 0 spiro atoms. The molecule has 0 saturated carbocycles. The number of nitrogens with zero attached hydrogens (tertiary/aromatic N) is 2. The molecule has 0 radical (unpaired) electrons. The average molecular weight is 364 g/mol. The number of hydrogen-bond donors (Lipinski definition) is 2. The van der Waals surface area contributed by atoms with Crippen molar-refractivity contribution in [2.75, 3.05) is 6.54 Å². The number of aromatic amines is 1. The zero-order valence-corrected chi connectivity index (χ0v) is 14.4. The van der Waals surface area contributed by atoms with Crippen molar-refractivity contribution in [2.45, 2.75) is 13.0 Å². The number of H-pyrrole nitrogens is 1. The molecule has 2 aromatic carbocycles. The van der Waals surface area contributed by atoms with Crippen LogP contribution in [0.4, 0.5) is 4.39 Å². The zero-order chi connectivity index (χ0) is 18.8. The maximum atomic E-state index is 13.4. The van der Waals surface area contributed by atoms with Crippen molar-refractivity contribution < 1.29 is 9.18 Å². The number of benzene rings is 2. The van der Waals surface area contributed by atoms with E-state index in [1.54, 1.807) is 24.3 Å². The van der Waals surface area contributed by atoms with E-state index < -0.39 is 0 Å². The summed E-state index contributed by atoms with van der Waals surface area (Å²) in [4.78, 5) is 31.9. The third-order valence-electron chi connectivity index (χ3n) is 4.49. The fourth-order valence-corrected chi connectivity index (χ4v) is 3.12. The number of fused-ring (bicyclic) bond motifs is 2. The van der Waals surface area contributed by atoms with Gasteiger partial charge in [-0.1, -0.05) is 12.1 Å². The first-order chi connectivity index (χ1) is 13.1. The molecule has 2 aromatic heterocycles. The Morgan fingerprint density at radius 2 is 2.04 bits per heavy atom. The molecule has 0 aliphatic rings. The van der Waals surface area contributed by atoms with Crippen LogP contribution in [0.15, 0.2) is 59.8 Å². The van der Waals surface area contributed by atoms with Crippen LogP contribution in [0.3, 0.4) is 0 Å². The molecule has 2 heterocycles. The molecular formula is C20H17FN4O2. The molecule has 136 valence electrons. The summed E-state index contributed by atoms with van der Waals surface area (Å²) in [6.45, 7) is 0.289. The highest BCUT2D eigenvalue weighted by molar-refractivity contribution is 5.83. The van der Waals surface area contributed by atoms with Crippen LogP contribution in [0.2, 0.25) is 0 Å². The highest BCUT2D eigenvalue weighted by Gasteiger charge is 2.09. The first kappa shape index (κ1) is 17.0. The summed E-state index contributed by atoms with van der Waals surface area (Å²) in [5.74, 6) is -0.573. The molecule has 6 nitrogen and oxygen atoms in total. The minimum Gasteiger partial charge on any atom is -0.361 e. The molecule has 0 aliphatic heterocycles. The third kappa shape index (κ3) is 3.44. The van der Waals surface area contributed by atoms with Crippen LogP contribution in [0.25, 0.3) is 21.8 Å². The predicted octanol–water partition coefficient (Wildman–Crippen LogP) is 2.38. The molecule has 0 fully saturated rings. The van der Waals surface area contributed by atoms with Gasteiger partial charge in [-0.2, -0.15) is 0 Å². The van der Waals surface area contributed by atoms with Crippen molar-refractivity contribution >= 4 is 27.7 Å². The summed E-state index contributed by atoms with van der Waals surface area (Å²) in [7, 11) is 0. The second kappa shape index (κ2) is 7.03. The van der Waals surface area contributed by atoms with Crippen LogP contribution in [0.5, 0.6) is 0 Å². The monoisotopic (exact) mass is 364 g/mol. The maximum absolute atomic E-state index is 13.4. The van der Waals surface area contributed by atoms with E-state index in [1.165, 1.54) is 23.0 Å². The Labute approximate surface area is 153 Å². The molecule has 0 bridgehead atoms. The van der Waals surface area contributed by atoms with Gasteiger partial charge in [-0.15, -0.1) is 0 Å². The molecular weight excluding hydrogens is 347 g/mol. The minimum atomic E-state index is -0.296. The average Bonchev–Trinajstić information content (AvgIpc) is 3.06. The van der Waals surface area contributed by atoms with Gasteiger partial charge in [0, 0.05) is 23.6 Å². The van der Waals surface area contributed by atoms with Gasteiger partial charge < -0.3 is 10.3 Å². The zero-order valence-electron chi connectivity index (χ0n) is 14.4. The minimum absolute atomic E-state index is 0.0980. The fourth-order valence-electron chi connectivity index (χ4n) is 3.12. The summed E-state index contributed by atoms with van der Waals surface area (Å²) < 4.78 is 14.7. The summed E-state index contributed by atoms with van der Waals surface area (Å²) >= 11 is 0. The smallest absolute Gasteiger partial charge is 0.261 e. The van der Waals surface area contributed by atoms with E-state index in [1.807, 2.05) is 12.3 Å². The summed E-state index contributed by atoms with van der Waals surface area (Å²) in [5.41, 5.74) is 2.13. The van der Waals surface area contributed by atoms with Crippen LogP contribution in [0, 0.1) is 5.82 Å². The number of para-hydroxylation sites is 1. The van der Waals surface area contributed by atoms with E-state index >= 15 is 0 Å². The Balaban J connectivity index is 1.40. The van der Waals surface area contributed by atoms with Crippen molar-refractivity contribution in [3.63, 3.8) is 0 Å². The Kier molecular flexibility index (Phi) is 4.42. The quantitative estimate of drug-likeness (QED) is 0.571. The SMILES string of the molecule is O=C(Cn1cnc2ccccc2c1=O)NCCc1c[nH]c2ccc(F)cc12. The Hall–Kier alpha value is -3.48. The van der Waals surface area contributed by atoms with Crippen molar-refractivity contribution in [3.05, 3.63) is 76.7 Å². The molecule has 0 saturated heterocycles. The summed E-state index contributed by atoms with van der Waals surface area (Å²) in [6.07, 6.45) is 3.75. The Morgan fingerprint density at radius 3 is 2.93 bits per heavy atom. The lowest BCUT2D eigenvalue weighted by molar-refractivity contribution is -0.121. The number of amides is 1. The lowest BCUT2D eigenvalue weighted by Crippen LogP contribution is -2.33. The van der Waals surface area contributed by atoms with E-state index in [-0.39, 0.29) is 23.8 Å². The van der Waals surface area contributed by atoms with E-state index in [4.69, 9.17) is 0 Å². The first-order valence-electron chi connectivity index (χ1n) is 8.58. The number of nitrogens with one attached hydrogen (secondary N) is 2. The standard InChI is InChI=1S/C20H17FN4O2/c21-14-5-6-18-16(9-14)13(10-23-18)7-8-22-19(26)11-25-12-24-17-4-2-1-3-15(17)20(25)27/h1-6,9-10,12,23H,7-8,11H2,(H,22,26). The highest BCUT2D eigenvalue weighted by Crippen LogP contribution is 2.19. The molecule has 0 unspecified atom stereocenters. The summed E-state index contributed by atoms with van der Waals surface area (Å²) in [5, 5.41) is 4.07. The van der Waals surface area contributed by atoms with Gasteiger partial charge in [0.25, 0.3) is 5.56 Å². The number of carbonyl (C=O) groups is 1.